The van der Waals surface area contributed by atoms with Crippen molar-refractivity contribution in [3.63, 3.8) is 0 Å². The Morgan fingerprint density at radius 3 is 2.80 bits per heavy atom. The topological polar surface area (TPSA) is 38.3 Å². The Morgan fingerprint density at radius 2 is 2.40 bits per heavy atom. The quantitative estimate of drug-likeness (QED) is 0.589. The van der Waals surface area contributed by atoms with Crippen molar-refractivity contribution >= 4 is 6.09 Å². The first-order valence-corrected chi connectivity index (χ1v) is 3.65. The Bertz CT molecular complexity index is 174. The zero-order valence-electron chi connectivity index (χ0n) is 6.02. The third kappa shape index (κ3) is 0.770. The van der Waals surface area contributed by atoms with Gasteiger partial charge in [-0.1, -0.05) is 6.92 Å². The molecule has 1 aliphatic heterocycles. The van der Waals surface area contributed by atoms with Crippen LogP contribution in [0.3, 0.4) is 0 Å². The Hall–Kier alpha value is -0.730. The fourth-order valence-electron chi connectivity index (χ4n) is 1.30. The van der Waals surface area contributed by atoms with Gasteiger partial charge in [0.1, 0.15) is 6.10 Å². The lowest BCUT2D eigenvalue weighted by Crippen LogP contribution is -2.23. The lowest BCUT2D eigenvalue weighted by Gasteiger charge is -2.13. The second-order valence-corrected chi connectivity index (χ2v) is 3.43. The van der Waals surface area contributed by atoms with Crippen LogP contribution in [0.2, 0.25) is 0 Å². The summed E-state index contributed by atoms with van der Waals surface area (Å²) in [5.74, 6) is 0. The summed E-state index contributed by atoms with van der Waals surface area (Å²) in [5, 5.41) is 2.65. The lowest BCUT2D eigenvalue weighted by atomic mass is 10.0. The van der Waals surface area contributed by atoms with Gasteiger partial charge in [-0.15, -0.1) is 0 Å². The molecule has 1 amide bonds. The van der Waals surface area contributed by atoms with Gasteiger partial charge >= 0.3 is 6.09 Å². The number of amides is 1. The molecule has 1 saturated carbocycles. The van der Waals surface area contributed by atoms with Crippen molar-refractivity contribution in [2.75, 3.05) is 6.54 Å². The molecule has 1 N–H and O–H groups in total. The highest BCUT2D eigenvalue weighted by atomic mass is 16.6. The van der Waals surface area contributed by atoms with Gasteiger partial charge in [-0.25, -0.2) is 4.79 Å². The first kappa shape index (κ1) is 6.01. The van der Waals surface area contributed by atoms with Crippen LogP contribution in [0.5, 0.6) is 0 Å². The van der Waals surface area contributed by atoms with E-state index in [9.17, 15) is 4.79 Å². The smallest absolute Gasteiger partial charge is 0.407 e. The van der Waals surface area contributed by atoms with E-state index < -0.39 is 0 Å². The number of nitrogens with one attached hydrogen (secondary N) is 1. The summed E-state index contributed by atoms with van der Waals surface area (Å²) in [5.41, 5.74) is 0.305. The maximum atomic E-state index is 10.6. The van der Waals surface area contributed by atoms with Crippen LogP contribution in [0.15, 0.2) is 0 Å². The van der Waals surface area contributed by atoms with Crippen LogP contribution in [0.1, 0.15) is 19.8 Å². The van der Waals surface area contributed by atoms with Crippen LogP contribution < -0.4 is 5.32 Å². The van der Waals surface area contributed by atoms with Gasteiger partial charge < -0.3 is 10.1 Å². The number of carbonyl (C=O) groups is 1. The zero-order valence-corrected chi connectivity index (χ0v) is 6.02. The van der Waals surface area contributed by atoms with Crippen LogP contribution in [-0.2, 0) is 4.74 Å². The van der Waals surface area contributed by atoms with Crippen molar-refractivity contribution in [1.29, 1.82) is 0 Å². The molecule has 1 heterocycles. The molecule has 10 heavy (non-hydrogen) atoms. The van der Waals surface area contributed by atoms with Gasteiger partial charge in [-0.2, -0.15) is 0 Å². The summed E-state index contributed by atoms with van der Waals surface area (Å²) < 4.78 is 5.04. The molecule has 1 aliphatic carbocycles. The number of hydrogen-bond acceptors (Lipinski definition) is 2. The molecule has 0 aromatic rings. The normalized spacial score (nSPS) is 34.9. The number of cyclic esters (lactones) is 1. The van der Waals surface area contributed by atoms with E-state index in [2.05, 4.69) is 12.2 Å². The largest absolute Gasteiger partial charge is 0.444 e. The van der Waals surface area contributed by atoms with E-state index in [1.807, 2.05) is 0 Å². The van der Waals surface area contributed by atoms with Gasteiger partial charge in [0, 0.05) is 5.41 Å². The minimum atomic E-state index is -0.252. The van der Waals surface area contributed by atoms with E-state index in [4.69, 9.17) is 4.74 Å². The molecule has 2 fully saturated rings. The molecule has 2 rings (SSSR count). The second-order valence-electron chi connectivity index (χ2n) is 3.43. The van der Waals surface area contributed by atoms with E-state index >= 15 is 0 Å². The predicted molar refractivity (Wildman–Crippen MR) is 35.6 cm³/mol. The van der Waals surface area contributed by atoms with E-state index in [1.54, 1.807) is 0 Å². The zero-order chi connectivity index (χ0) is 7.19. The number of carbonyl (C=O) groups excluding carboxylic acids is 1. The molecule has 0 spiro atoms. The predicted octanol–water partition coefficient (Wildman–Crippen LogP) is 0.895. The fraction of sp³-hybridized carbons (Fsp3) is 0.857. The van der Waals surface area contributed by atoms with Gasteiger partial charge in [-0.05, 0) is 12.8 Å². The molecular weight excluding hydrogens is 130 g/mol. The second kappa shape index (κ2) is 1.65. The van der Waals surface area contributed by atoms with E-state index in [-0.39, 0.29) is 12.2 Å². The van der Waals surface area contributed by atoms with Crippen molar-refractivity contribution in [3.8, 4) is 0 Å². The SMILES string of the molecule is CC1(C2CNC(=O)O2)CC1. The fourth-order valence-corrected chi connectivity index (χ4v) is 1.30. The Kier molecular flexibility index (Phi) is 0.993. The first-order chi connectivity index (χ1) is 4.71. The van der Waals surface area contributed by atoms with Crippen molar-refractivity contribution in [2.24, 2.45) is 5.41 Å². The lowest BCUT2D eigenvalue weighted by molar-refractivity contribution is 0.101. The van der Waals surface area contributed by atoms with Gasteiger partial charge in [0.05, 0.1) is 6.54 Å². The van der Waals surface area contributed by atoms with E-state index in [0.717, 1.165) is 0 Å². The number of alkyl carbamates (subject to hydrolysis) is 1. The summed E-state index contributed by atoms with van der Waals surface area (Å²) in [4.78, 5) is 10.6. The highest BCUT2D eigenvalue weighted by molar-refractivity contribution is 5.69. The van der Waals surface area contributed by atoms with Crippen LogP contribution in [-0.4, -0.2) is 18.7 Å². The first-order valence-electron chi connectivity index (χ1n) is 3.65. The third-order valence-electron chi connectivity index (χ3n) is 2.50. The molecule has 3 nitrogen and oxygen atoms in total. The van der Waals surface area contributed by atoms with Gasteiger partial charge in [0.2, 0.25) is 0 Å². The maximum absolute atomic E-state index is 10.6. The number of hydrogen-bond donors (Lipinski definition) is 1. The summed E-state index contributed by atoms with van der Waals surface area (Å²) in [6, 6.07) is 0. The summed E-state index contributed by atoms with van der Waals surface area (Å²) in [6.07, 6.45) is 2.29. The van der Waals surface area contributed by atoms with Gasteiger partial charge in [0.15, 0.2) is 0 Å². The van der Waals surface area contributed by atoms with Crippen LogP contribution in [0, 0.1) is 5.41 Å². The maximum Gasteiger partial charge on any atom is 0.407 e. The Labute approximate surface area is 59.7 Å². The van der Waals surface area contributed by atoms with Gasteiger partial charge in [-0.3, -0.25) is 0 Å². The van der Waals surface area contributed by atoms with E-state index in [1.165, 1.54) is 12.8 Å². The van der Waals surface area contributed by atoms with Crippen LogP contribution in [0.25, 0.3) is 0 Å². The molecule has 1 saturated heterocycles. The van der Waals surface area contributed by atoms with Crippen molar-refractivity contribution < 1.29 is 9.53 Å². The average Bonchev–Trinajstić information content (AvgIpc) is 2.45. The highest BCUT2D eigenvalue weighted by Gasteiger charge is 2.49. The minimum Gasteiger partial charge on any atom is -0.444 e. The standard InChI is InChI=1S/C7H11NO2/c1-7(2-3-7)5-4-8-6(9)10-5/h5H,2-4H2,1H3,(H,8,9). The molecule has 2 aliphatic rings. The highest BCUT2D eigenvalue weighted by Crippen LogP contribution is 2.49. The monoisotopic (exact) mass is 141 g/mol. The molecule has 0 bridgehead atoms. The molecule has 0 aromatic heterocycles. The average molecular weight is 141 g/mol. The van der Waals surface area contributed by atoms with Crippen LogP contribution in [0.4, 0.5) is 4.79 Å². The van der Waals surface area contributed by atoms with Crippen molar-refractivity contribution in [1.82, 2.24) is 5.32 Å². The van der Waals surface area contributed by atoms with Crippen molar-refractivity contribution in [2.45, 2.75) is 25.9 Å². The molecule has 1 unspecified atom stereocenters. The van der Waals surface area contributed by atoms with Gasteiger partial charge in [0.25, 0.3) is 0 Å². The third-order valence-corrected chi connectivity index (χ3v) is 2.50. The molecule has 1 atom stereocenters. The Morgan fingerprint density at radius 1 is 1.70 bits per heavy atom. The van der Waals surface area contributed by atoms with Crippen LogP contribution >= 0.6 is 0 Å². The molecular formula is C7H11NO2. The molecule has 56 valence electrons. The Balaban J connectivity index is 2.01. The molecule has 0 radical (unpaired) electrons. The van der Waals surface area contributed by atoms with E-state index in [0.29, 0.717) is 12.0 Å². The van der Waals surface area contributed by atoms with Crippen molar-refractivity contribution in [3.05, 3.63) is 0 Å². The summed E-state index contributed by atoms with van der Waals surface area (Å²) >= 11 is 0. The number of rotatable bonds is 1. The molecule has 0 aromatic carbocycles. The number of ether oxygens (including phenoxy) is 1. The minimum absolute atomic E-state index is 0.139. The summed E-state index contributed by atoms with van der Waals surface area (Å²) in [6.45, 7) is 2.87. The molecule has 3 heteroatoms. The summed E-state index contributed by atoms with van der Waals surface area (Å²) in [7, 11) is 0.